The molecule has 2 aromatic rings. The maximum atomic E-state index is 12.6. The average Bonchev–Trinajstić information content (AvgIpc) is 2.64. The summed E-state index contributed by atoms with van der Waals surface area (Å²) in [4.78, 5) is 14.1. The molecule has 0 radical (unpaired) electrons. The van der Waals surface area contributed by atoms with Crippen LogP contribution in [-0.2, 0) is 11.3 Å². The highest BCUT2D eigenvalue weighted by Gasteiger charge is 2.22. The van der Waals surface area contributed by atoms with Crippen LogP contribution >= 0.6 is 11.6 Å². The van der Waals surface area contributed by atoms with Crippen molar-refractivity contribution in [3.8, 4) is 11.1 Å². The number of hydrogen-bond acceptors (Lipinski definition) is 4. The third kappa shape index (κ3) is 6.46. The molecule has 6 nitrogen and oxygen atoms in total. The van der Waals surface area contributed by atoms with Crippen LogP contribution in [0.25, 0.3) is 11.1 Å². The Kier molecular flexibility index (Phi) is 7.29. The molecule has 0 aliphatic heterocycles. The van der Waals surface area contributed by atoms with Gasteiger partial charge >= 0.3 is 6.09 Å². The summed E-state index contributed by atoms with van der Waals surface area (Å²) in [6.45, 7) is 5.96. The van der Waals surface area contributed by atoms with Gasteiger partial charge in [0.05, 0.1) is 0 Å². The van der Waals surface area contributed by atoms with E-state index in [4.69, 9.17) is 27.3 Å². The van der Waals surface area contributed by atoms with Crippen LogP contribution in [0.15, 0.2) is 53.7 Å². The van der Waals surface area contributed by atoms with Gasteiger partial charge in [0.1, 0.15) is 11.4 Å². The SMILES string of the molecule is CC(C)(C)OC(=O)N(CC/C(N)=N/O)Cc1ccc(-c2ccccc2)c(Cl)c1. The molecule has 2 rings (SSSR count). The Labute approximate surface area is 170 Å². The maximum absolute atomic E-state index is 12.6. The third-order valence-electron chi connectivity index (χ3n) is 3.91. The van der Waals surface area contributed by atoms with Gasteiger partial charge in [-0.2, -0.15) is 0 Å². The van der Waals surface area contributed by atoms with Gasteiger partial charge < -0.3 is 20.6 Å². The minimum absolute atomic E-state index is 0.0472. The summed E-state index contributed by atoms with van der Waals surface area (Å²) in [5.41, 5.74) is 7.73. The average molecular weight is 404 g/mol. The number of oxime groups is 1. The molecule has 0 saturated heterocycles. The second kappa shape index (κ2) is 9.46. The second-order valence-electron chi connectivity index (χ2n) is 7.42. The lowest BCUT2D eigenvalue weighted by Crippen LogP contribution is -2.38. The molecule has 0 aromatic heterocycles. The summed E-state index contributed by atoms with van der Waals surface area (Å²) in [5.74, 6) is 0.0472. The van der Waals surface area contributed by atoms with E-state index in [-0.39, 0.29) is 18.8 Å². The van der Waals surface area contributed by atoms with Crippen LogP contribution in [0.1, 0.15) is 32.8 Å². The highest BCUT2D eigenvalue weighted by molar-refractivity contribution is 6.33. The van der Waals surface area contributed by atoms with Gasteiger partial charge in [-0.3, -0.25) is 0 Å². The van der Waals surface area contributed by atoms with Gasteiger partial charge in [0.15, 0.2) is 0 Å². The number of amides is 1. The van der Waals surface area contributed by atoms with E-state index in [1.807, 2.05) is 48.5 Å². The number of benzene rings is 2. The molecule has 0 unspecified atom stereocenters. The summed E-state index contributed by atoms with van der Waals surface area (Å²) in [7, 11) is 0. The zero-order valence-electron chi connectivity index (χ0n) is 16.4. The zero-order chi connectivity index (χ0) is 20.7. The van der Waals surface area contributed by atoms with Crippen LogP contribution in [0.3, 0.4) is 0 Å². The van der Waals surface area contributed by atoms with Crippen molar-refractivity contribution < 1.29 is 14.7 Å². The molecule has 0 bridgehead atoms. The normalized spacial score (nSPS) is 11.9. The van der Waals surface area contributed by atoms with Crippen molar-refractivity contribution in [2.24, 2.45) is 10.9 Å². The lowest BCUT2D eigenvalue weighted by molar-refractivity contribution is 0.0238. The molecule has 0 heterocycles. The lowest BCUT2D eigenvalue weighted by Gasteiger charge is -2.27. The van der Waals surface area contributed by atoms with Crippen LogP contribution in [0.2, 0.25) is 5.02 Å². The standard InChI is InChI=1S/C21H26ClN3O3/c1-21(2,3)28-20(26)25(12-11-19(23)24-27)14-15-9-10-17(18(22)13-15)16-7-5-4-6-8-16/h4-10,13,27H,11-12,14H2,1-3H3,(H2,23,24). The molecule has 0 spiro atoms. The molecule has 0 saturated carbocycles. The Morgan fingerprint density at radius 2 is 1.89 bits per heavy atom. The molecule has 3 N–H and O–H groups in total. The molecule has 1 amide bonds. The summed E-state index contributed by atoms with van der Waals surface area (Å²) in [6, 6.07) is 15.5. The summed E-state index contributed by atoms with van der Waals surface area (Å²) in [5, 5.41) is 12.3. The van der Waals surface area contributed by atoms with E-state index in [1.165, 1.54) is 4.90 Å². The van der Waals surface area contributed by atoms with Crippen LogP contribution in [0.5, 0.6) is 0 Å². The Hall–Kier alpha value is -2.73. The van der Waals surface area contributed by atoms with E-state index in [1.54, 1.807) is 20.8 Å². The first kappa shape index (κ1) is 21.6. The van der Waals surface area contributed by atoms with Gasteiger partial charge in [-0.25, -0.2) is 4.79 Å². The van der Waals surface area contributed by atoms with E-state index in [2.05, 4.69) is 5.16 Å². The second-order valence-corrected chi connectivity index (χ2v) is 7.83. The predicted octanol–water partition coefficient (Wildman–Crippen LogP) is 4.88. The fourth-order valence-electron chi connectivity index (χ4n) is 2.59. The highest BCUT2D eigenvalue weighted by Crippen LogP contribution is 2.29. The first-order chi connectivity index (χ1) is 13.2. The van der Waals surface area contributed by atoms with Crippen molar-refractivity contribution >= 4 is 23.5 Å². The molecular formula is C21H26ClN3O3. The number of amidine groups is 1. The van der Waals surface area contributed by atoms with Crippen molar-refractivity contribution in [2.45, 2.75) is 39.3 Å². The van der Waals surface area contributed by atoms with E-state index < -0.39 is 11.7 Å². The number of carbonyl (C=O) groups excluding carboxylic acids is 1. The van der Waals surface area contributed by atoms with Crippen molar-refractivity contribution in [3.63, 3.8) is 0 Å². The summed E-state index contributed by atoms with van der Waals surface area (Å²) >= 11 is 6.48. The molecule has 28 heavy (non-hydrogen) atoms. The number of carbonyl (C=O) groups is 1. The minimum Gasteiger partial charge on any atom is -0.444 e. The number of ether oxygens (including phenoxy) is 1. The Morgan fingerprint density at radius 3 is 2.46 bits per heavy atom. The highest BCUT2D eigenvalue weighted by atomic mass is 35.5. The van der Waals surface area contributed by atoms with E-state index in [0.29, 0.717) is 11.6 Å². The van der Waals surface area contributed by atoms with Gasteiger partial charge in [-0.15, -0.1) is 0 Å². The molecule has 0 atom stereocenters. The Morgan fingerprint density at radius 1 is 1.21 bits per heavy atom. The van der Waals surface area contributed by atoms with Gasteiger partial charge in [0.25, 0.3) is 0 Å². The van der Waals surface area contributed by atoms with Crippen LogP contribution < -0.4 is 5.73 Å². The van der Waals surface area contributed by atoms with E-state index in [9.17, 15) is 4.79 Å². The third-order valence-corrected chi connectivity index (χ3v) is 4.22. The van der Waals surface area contributed by atoms with Crippen molar-refractivity contribution in [1.29, 1.82) is 0 Å². The number of rotatable bonds is 6. The predicted molar refractivity (Wildman–Crippen MR) is 112 cm³/mol. The summed E-state index contributed by atoms with van der Waals surface area (Å²) < 4.78 is 5.47. The molecule has 0 fully saturated rings. The largest absolute Gasteiger partial charge is 0.444 e. The van der Waals surface area contributed by atoms with E-state index >= 15 is 0 Å². The molecule has 0 aliphatic rings. The first-order valence-corrected chi connectivity index (χ1v) is 9.35. The fourth-order valence-corrected chi connectivity index (χ4v) is 2.90. The van der Waals surface area contributed by atoms with Crippen molar-refractivity contribution in [3.05, 3.63) is 59.1 Å². The van der Waals surface area contributed by atoms with Crippen LogP contribution in [-0.4, -0.2) is 34.2 Å². The Balaban J connectivity index is 2.20. The van der Waals surface area contributed by atoms with Crippen LogP contribution in [0.4, 0.5) is 4.79 Å². The number of hydrogen-bond donors (Lipinski definition) is 2. The maximum Gasteiger partial charge on any atom is 0.410 e. The number of nitrogens with two attached hydrogens (primary N) is 1. The smallest absolute Gasteiger partial charge is 0.410 e. The van der Waals surface area contributed by atoms with Gasteiger partial charge in [0, 0.05) is 30.1 Å². The quantitative estimate of drug-likeness (QED) is 0.311. The molecule has 0 aliphatic carbocycles. The number of nitrogens with zero attached hydrogens (tertiary/aromatic N) is 2. The first-order valence-electron chi connectivity index (χ1n) is 8.98. The molecule has 2 aromatic carbocycles. The lowest BCUT2D eigenvalue weighted by atomic mass is 10.0. The fraction of sp³-hybridized carbons (Fsp3) is 0.333. The summed E-state index contributed by atoms with van der Waals surface area (Å²) in [6.07, 6.45) is -0.243. The minimum atomic E-state index is -0.624. The van der Waals surface area contributed by atoms with Gasteiger partial charge in [-0.05, 0) is 38.0 Å². The van der Waals surface area contributed by atoms with Crippen molar-refractivity contribution in [1.82, 2.24) is 4.90 Å². The van der Waals surface area contributed by atoms with Gasteiger partial charge in [0.2, 0.25) is 0 Å². The molecule has 150 valence electrons. The number of halogens is 1. The topological polar surface area (TPSA) is 88.2 Å². The van der Waals surface area contributed by atoms with Crippen LogP contribution in [0, 0.1) is 0 Å². The van der Waals surface area contributed by atoms with E-state index in [0.717, 1.165) is 16.7 Å². The monoisotopic (exact) mass is 403 g/mol. The molecule has 7 heteroatoms. The van der Waals surface area contributed by atoms with Gasteiger partial charge in [-0.1, -0.05) is 59.2 Å². The Bertz CT molecular complexity index is 833. The van der Waals surface area contributed by atoms with Crippen molar-refractivity contribution in [2.75, 3.05) is 6.54 Å². The molecular weight excluding hydrogens is 378 g/mol. The zero-order valence-corrected chi connectivity index (χ0v) is 17.1.